The first kappa shape index (κ1) is 7.30. The largest absolute Gasteiger partial charge is 0.389 e. The summed E-state index contributed by atoms with van der Waals surface area (Å²) in [7, 11) is 0. The van der Waals surface area contributed by atoms with Crippen LogP contribution in [0.1, 0.15) is 0 Å². The molecule has 0 aliphatic carbocycles. The normalized spacial score (nSPS) is 9.70. The lowest BCUT2D eigenvalue weighted by Crippen LogP contribution is -1.80. The Kier molecular flexibility index (Phi) is 1.78. The van der Waals surface area contributed by atoms with Crippen LogP contribution < -0.4 is 5.73 Å². The Hall–Kier alpha value is -0.810. The van der Waals surface area contributed by atoms with E-state index in [1.807, 2.05) is 0 Å². The zero-order valence-electron chi connectivity index (χ0n) is 4.70. The lowest BCUT2D eigenvalue weighted by molar-refractivity contribution is -0.380. The van der Waals surface area contributed by atoms with Crippen molar-refractivity contribution in [3.63, 3.8) is 0 Å². The van der Waals surface area contributed by atoms with Crippen molar-refractivity contribution in [2.24, 2.45) is 0 Å². The molecule has 1 heterocycles. The molecular weight excluding hydrogens is 176 g/mol. The summed E-state index contributed by atoms with van der Waals surface area (Å²) in [5, 5.41) is 10.6. The highest BCUT2D eigenvalue weighted by Gasteiger charge is 2.12. The molecule has 6 heteroatoms. The highest BCUT2D eigenvalue weighted by molar-refractivity contribution is 7.19. The molecule has 0 saturated carbocycles. The van der Waals surface area contributed by atoms with Crippen LogP contribution in [0.25, 0.3) is 0 Å². The van der Waals surface area contributed by atoms with E-state index >= 15 is 0 Å². The van der Waals surface area contributed by atoms with Crippen LogP contribution in [0.2, 0.25) is 5.02 Å². The van der Waals surface area contributed by atoms with Gasteiger partial charge in [-0.2, -0.15) is 0 Å². The summed E-state index contributed by atoms with van der Waals surface area (Å²) in [6.45, 7) is 0. The average Bonchev–Trinajstić information content (AvgIpc) is 2.13. The number of halogens is 1. The maximum Gasteiger partial charge on any atom is 0.327 e. The molecule has 0 saturated heterocycles. The maximum absolute atomic E-state index is 10.1. The van der Waals surface area contributed by atoms with Crippen LogP contribution in [-0.2, 0) is 0 Å². The van der Waals surface area contributed by atoms with Gasteiger partial charge in [-0.15, -0.1) is 0 Å². The molecule has 0 radical (unpaired) electrons. The molecule has 54 valence electrons. The Morgan fingerprint density at radius 1 is 1.80 bits per heavy atom. The number of nitrogens with two attached hydrogens (primary N) is 1. The Balaban J connectivity index is 3.10. The SMILES string of the molecule is Nc1sc([N+](=O)[O-])cc1Cl. The first-order chi connectivity index (χ1) is 4.61. The van der Waals surface area contributed by atoms with E-state index in [9.17, 15) is 10.1 Å². The number of hydrogen-bond acceptors (Lipinski definition) is 4. The quantitative estimate of drug-likeness (QED) is 0.528. The summed E-state index contributed by atoms with van der Waals surface area (Å²) in [6, 6.07) is 1.24. The first-order valence-corrected chi connectivity index (χ1v) is 3.50. The van der Waals surface area contributed by atoms with Crippen LogP contribution in [0.4, 0.5) is 10.0 Å². The Morgan fingerprint density at radius 3 is 2.60 bits per heavy atom. The minimum Gasteiger partial charge on any atom is -0.389 e. The number of nitro groups is 1. The van der Waals surface area contributed by atoms with Crippen LogP contribution >= 0.6 is 22.9 Å². The summed E-state index contributed by atoms with van der Waals surface area (Å²) < 4.78 is 0. The molecule has 0 unspecified atom stereocenters. The highest BCUT2D eigenvalue weighted by atomic mass is 35.5. The van der Waals surface area contributed by atoms with Gasteiger partial charge in [0.2, 0.25) is 0 Å². The molecule has 0 aliphatic rings. The van der Waals surface area contributed by atoms with Gasteiger partial charge in [-0.25, -0.2) is 0 Å². The van der Waals surface area contributed by atoms with Crippen LogP contribution in [0.15, 0.2) is 6.07 Å². The van der Waals surface area contributed by atoms with Gasteiger partial charge in [0, 0.05) is 6.07 Å². The zero-order valence-corrected chi connectivity index (χ0v) is 6.28. The van der Waals surface area contributed by atoms with Gasteiger partial charge < -0.3 is 5.73 Å². The molecule has 1 rings (SSSR count). The topological polar surface area (TPSA) is 69.2 Å². The molecule has 2 N–H and O–H groups in total. The molecule has 0 aromatic carbocycles. The van der Waals surface area contributed by atoms with E-state index in [0.29, 0.717) is 0 Å². The van der Waals surface area contributed by atoms with Gasteiger partial charge in [0.25, 0.3) is 0 Å². The molecule has 0 fully saturated rings. The molecule has 0 spiro atoms. The van der Waals surface area contributed by atoms with Gasteiger partial charge in [-0.3, -0.25) is 10.1 Å². The third-order valence-electron chi connectivity index (χ3n) is 0.880. The van der Waals surface area contributed by atoms with Crippen LogP contribution in [0, 0.1) is 10.1 Å². The van der Waals surface area contributed by atoms with Gasteiger partial charge in [-0.1, -0.05) is 11.6 Å². The monoisotopic (exact) mass is 178 g/mol. The molecule has 1 aromatic rings. The van der Waals surface area contributed by atoms with Crippen LogP contribution in [-0.4, -0.2) is 4.92 Å². The molecule has 10 heavy (non-hydrogen) atoms. The van der Waals surface area contributed by atoms with Crippen molar-refractivity contribution in [3.05, 3.63) is 21.2 Å². The third-order valence-corrected chi connectivity index (χ3v) is 2.22. The molecule has 0 amide bonds. The standard InChI is InChI=1S/C4H3ClN2O2S/c5-2-1-3(7(8)9)10-4(2)6/h1H,6H2. The maximum atomic E-state index is 10.1. The summed E-state index contributed by atoms with van der Waals surface area (Å²) in [4.78, 5) is 9.55. The smallest absolute Gasteiger partial charge is 0.327 e. The molecule has 0 aliphatic heterocycles. The fraction of sp³-hybridized carbons (Fsp3) is 0. The number of hydrogen-bond donors (Lipinski definition) is 1. The summed E-state index contributed by atoms with van der Waals surface area (Å²) in [5.41, 5.74) is 5.26. The van der Waals surface area contributed by atoms with E-state index in [1.54, 1.807) is 0 Å². The highest BCUT2D eigenvalue weighted by Crippen LogP contribution is 2.34. The number of nitrogens with zero attached hydrogens (tertiary/aromatic N) is 1. The predicted octanol–water partition coefficient (Wildman–Crippen LogP) is 1.89. The Bertz CT molecular complexity index is 253. The second-order valence-corrected chi connectivity index (χ2v) is 3.02. The third kappa shape index (κ3) is 1.19. The van der Waals surface area contributed by atoms with Crippen molar-refractivity contribution in [1.82, 2.24) is 0 Å². The first-order valence-electron chi connectivity index (χ1n) is 2.30. The van der Waals surface area contributed by atoms with E-state index in [-0.39, 0.29) is 15.0 Å². The van der Waals surface area contributed by atoms with Crippen molar-refractivity contribution >= 4 is 32.9 Å². The minimum absolute atomic E-state index is 0.0255. The number of nitrogen functional groups attached to an aromatic ring is 1. The van der Waals surface area contributed by atoms with Crippen molar-refractivity contribution in [1.29, 1.82) is 0 Å². The summed E-state index contributed by atoms with van der Waals surface area (Å²) >= 11 is 6.32. The molecule has 0 bridgehead atoms. The number of anilines is 1. The van der Waals surface area contributed by atoms with Crippen molar-refractivity contribution < 1.29 is 4.92 Å². The predicted molar refractivity (Wildman–Crippen MR) is 40.4 cm³/mol. The minimum atomic E-state index is -0.521. The Labute approximate surface area is 65.4 Å². The van der Waals surface area contributed by atoms with Crippen LogP contribution in [0.3, 0.4) is 0 Å². The van der Waals surface area contributed by atoms with Crippen LogP contribution in [0.5, 0.6) is 0 Å². The molecular formula is C4H3ClN2O2S. The van der Waals surface area contributed by atoms with E-state index < -0.39 is 4.92 Å². The van der Waals surface area contributed by atoms with E-state index in [0.717, 1.165) is 11.3 Å². The molecule has 1 aromatic heterocycles. The van der Waals surface area contributed by atoms with Gasteiger partial charge in [0.1, 0.15) is 5.00 Å². The summed E-state index contributed by atoms with van der Waals surface area (Å²) in [6.07, 6.45) is 0. The fourth-order valence-corrected chi connectivity index (χ4v) is 1.38. The van der Waals surface area contributed by atoms with E-state index in [4.69, 9.17) is 17.3 Å². The van der Waals surface area contributed by atoms with Gasteiger partial charge in [0.05, 0.1) is 9.95 Å². The molecule has 0 atom stereocenters. The Morgan fingerprint density at radius 2 is 2.40 bits per heavy atom. The summed E-state index contributed by atoms with van der Waals surface area (Å²) in [5.74, 6) is 0. The van der Waals surface area contributed by atoms with E-state index in [2.05, 4.69) is 0 Å². The average molecular weight is 179 g/mol. The molecule has 4 nitrogen and oxygen atoms in total. The van der Waals surface area contributed by atoms with Gasteiger partial charge in [0.15, 0.2) is 0 Å². The van der Waals surface area contributed by atoms with Crippen molar-refractivity contribution in [3.8, 4) is 0 Å². The van der Waals surface area contributed by atoms with Crippen molar-refractivity contribution in [2.75, 3.05) is 5.73 Å². The lowest BCUT2D eigenvalue weighted by Gasteiger charge is -1.78. The number of rotatable bonds is 1. The lowest BCUT2D eigenvalue weighted by atomic mass is 10.6. The van der Waals surface area contributed by atoms with Gasteiger partial charge in [-0.05, 0) is 11.3 Å². The van der Waals surface area contributed by atoms with Crippen molar-refractivity contribution in [2.45, 2.75) is 0 Å². The fourth-order valence-electron chi connectivity index (χ4n) is 0.460. The number of thiophene rings is 1. The van der Waals surface area contributed by atoms with E-state index in [1.165, 1.54) is 6.07 Å². The zero-order chi connectivity index (χ0) is 7.72. The second-order valence-electron chi connectivity index (χ2n) is 1.55. The van der Waals surface area contributed by atoms with Gasteiger partial charge >= 0.3 is 5.00 Å². The second kappa shape index (κ2) is 2.43.